The van der Waals surface area contributed by atoms with Crippen molar-refractivity contribution in [2.75, 3.05) is 11.0 Å². The fourth-order valence-electron chi connectivity index (χ4n) is 1.96. The van der Waals surface area contributed by atoms with Gasteiger partial charge in [-0.15, -0.1) is 0 Å². The Balaban J connectivity index is 1.83. The Kier molecular flexibility index (Phi) is 8.18. The third-order valence-electron chi connectivity index (χ3n) is 3.12. The Bertz CT molecular complexity index is 591. The van der Waals surface area contributed by atoms with Gasteiger partial charge in [0, 0.05) is 0 Å². The Labute approximate surface area is 154 Å². The van der Waals surface area contributed by atoms with Crippen molar-refractivity contribution in [3.63, 3.8) is 0 Å². The molecule has 3 heteroatoms. The van der Waals surface area contributed by atoms with E-state index < -0.39 is 0 Å². The number of halogens is 2. The molecule has 1 N–H and O–H groups in total. The second kappa shape index (κ2) is 10.2. The minimum absolute atomic E-state index is 0.0368. The first-order chi connectivity index (χ1) is 10.8. The first-order valence-corrected chi connectivity index (χ1v) is 12.1. The molecule has 0 amide bonds. The summed E-state index contributed by atoms with van der Waals surface area (Å²) in [5.74, 6) is 0. The number of hydrogen-bond donors (Lipinski definition) is 1. The first kappa shape index (κ1) is 17.7. The topological polar surface area (TPSA) is 12.0 Å². The maximum atomic E-state index is 4.22. The second-order valence-electron chi connectivity index (χ2n) is 4.67. The van der Waals surface area contributed by atoms with Gasteiger partial charge in [-0.1, -0.05) is 0 Å². The average molecular weight is 517 g/mol. The zero-order valence-electron chi connectivity index (χ0n) is 12.6. The molecule has 0 saturated carbocycles. The zero-order chi connectivity index (χ0) is 15.6. The number of nitrogens with one attached hydrogen (secondary N) is 1. The Morgan fingerprint density at radius 3 is 2.36 bits per heavy atom. The molecule has 0 radical (unpaired) electrons. The summed E-state index contributed by atoms with van der Waals surface area (Å²) in [6, 6.07) is 19.4. The summed E-state index contributed by atoms with van der Waals surface area (Å²) in [7, 11) is 0. The van der Waals surface area contributed by atoms with Crippen molar-refractivity contribution in [3.05, 3.63) is 86.5 Å². The van der Waals surface area contributed by atoms with E-state index in [2.05, 4.69) is 65.2 Å². The van der Waals surface area contributed by atoms with Gasteiger partial charge >= 0.3 is 156 Å². The molecule has 0 aliphatic carbocycles. The van der Waals surface area contributed by atoms with Crippen LogP contribution in [0.15, 0.2) is 71.8 Å². The molecule has 2 aromatic carbocycles. The standard InChI is InChI=1S/C19H21I2N/c1-3-21-22-15-7-14-20-19-12-10-18(11-13-19)16(2)17-8-5-4-6-9-17/h3-6,8-13,22H,1-2,7,14-15H2/q-2. The summed E-state index contributed by atoms with van der Waals surface area (Å²) < 4.78 is 8.34. The zero-order valence-corrected chi connectivity index (χ0v) is 16.9. The van der Waals surface area contributed by atoms with Gasteiger partial charge < -0.3 is 0 Å². The SMILES string of the molecule is C=C[I-]NCCC[I-]c1ccc(C(=C)c2ccccc2)cc1. The molecule has 0 fully saturated rings. The van der Waals surface area contributed by atoms with Crippen molar-refractivity contribution in [1.82, 2.24) is 3.53 Å². The number of hydrogen-bond acceptors (Lipinski definition) is 1. The van der Waals surface area contributed by atoms with Gasteiger partial charge in [0.25, 0.3) is 0 Å². The maximum absolute atomic E-state index is 4.22. The van der Waals surface area contributed by atoms with Gasteiger partial charge in [0.2, 0.25) is 0 Å². The first-order valence-electron chi connectivity index (χ1n) is 7.21. The van der Waals surface area contributed by atoms with Crippen LogP contribution in [0.4, 0.5) is 0 Å². The molecule has 118 valence electrons. The van der Waals surface area contributed by atoms with Crippen LogP contribution in [0.1, 0.15) is 17.5 Å². The Morgan fingerprint density at radius 1 is 1.00 bits per heavy atom. The van der Waals surface area contributed by atoms with Crippen LogP contribution in [0.2, 0.25) is 0 Å². The molecular weight excluding hydrogens is 496 g/mol. The van der Waals surface area contributed by atoms with Crippen molar-refractivity contribution >= 4 is 5.57 Å². The third-order valence-corrected chi connectivity index (χ3v) is 7.45. The molecule has 0 atom stereocenters. The fourth-order valence-corrected chi connectivity index (χ4v) is 5.22. The summed E-state index contributed by atoms with van der Waals surface area (Å²) in [6.45, 7) is 9.12. The van der Waals surface area contributed by atoms with Crippen LogP contribution in [-0.2, 0) is 0 Å². The van der Waals surface area contributed by atoms with E-state index in [-0.39, 0.29) is 42.7 Å². The average Bonchev–Trinajstić information content (AvgIpc) is 2.59. The van der Waals surface area contributed by atoms with Crippen LogP contribution in [-0.4, -0.2) is 11.0 Å². The molecule has 2 aromatic rings. The normalized spacial score (nSPS) is 10.7. The monoisotopic (exact) mass is 517 g/mol. The quantitative estimate of drug-likeness (QED) is 0.178. The molecule has 0 heterocycles. The second-order valence-corrected chi connectivity index (χ2v) is 10.0. The molecule has 2 rings (SSSR count). The molecule has 0 aliphatic heterocycles. The van der Waals surface area contributed by atoms with Crippen LogP contribution < -0.4 is 46.2 Å². The molecule has 1 nitrogen and oxygen atoms in total. The van der Waals surface area contributed by atoms with Gasteiger partial charge in [0.15, 0.2) is 0 Å². The van der Waals surface area contributed by atoms with Gasteiger partial charge in [-0.2, -0.15) is 0 Å². The van der Waals surface area contributed by atoms with E-state index in [0.717, 1.165) is 12.1 Å². The molecule has 0 unspecified atom stereocenters. The molecular formula is C19H21I2N-2. The van der Waals surface area contributed by atoms with Crippen LogP contribution >= 0.6 is 0 Å². The summed E-state index contributed by atoms with van der Waals surface area (Å²) in [5.41, 5.74) is 3.51. The van der Waals surface area contributed by atoms with Gasteiger partial charge in [0.1, 0.15) is 0 Å². The van der Waals surface area contributed by atoms with E-state index in [0.29, 0.717) is 0 Å². The van der Waals surface area contributed by atoms with Crippen LogP contribution in [0.25, 0.3) is 5.57 Å². The van der Waals surface area contributed by atoms with E-state index in [9.17, 15) is 0 Å². The van der Waals surface area contributed by atoms with Gasteiger partial charge in [-0.05, 0) is 0 Å². The molecule has 0 bridgehead atoms. The molecule has 22 heavy (non-hydrogen) atoms. The van der Waals surface area contributed by atoms with Gasteiger partial charge in [-0.25, -0.2) is 0 Å². The van der Waals surface area contributed by atoms with Crippen molar-refractivity contribution < 1.29 is 42.7 Å². The number of rotatable bonds is 9. The van der Waals surface area contributed by atoms with Crippen LogP contribution in [0.3, 0.4) is 0 Å². The van der Waals surface area contributed by atoms with Crippen molar-refractivity contribution in [2.24, 2.45) is 0 Å². The Morgan fingerprint density at radius 2 is 1.68 bits per heavy atom. The van der Waals surface area contributed by atoms with Crippen LogP contribution in [0, 0.1) is 3.57 Å². The molecule has 0 spiro atoms. The van der Waals surface area contributed by atoms with E-state index >= 15 is 0 Å². The van der Waals surface area contributed by atoms with E-state index in [1.807, 2.05) is 10.1 Å². The Hall–Kier alpha value is -0.660. The van der Waals surface area contributed by atoms with Gasteiger partial charge in [-0.3, -0.25) is 0 Å². The molecule has 0 aromatic heterocycles. The van der Waals surface area contributed by atoms with E-state index in [1.54, 1.807) is 0 Å². The predicted octanol–water partition coefficient (Wildman–Crippen LogP) is -1.87. The minimum atomic E-state index is 0.0368. The summed E-state index contributed by atoms with van der Waals surface area (Å²) >= 11 is 0.170. The molecule has 0 saturated heterocycles. The summed E-state index contributed by atoms with van der Waals surface area (Å²) in [6.07, 6.45) is 1.28. The van der Waals surface area contributed by atoms with Crippen molar-refractivity contribution in [2.45, 2.75) is 6.42 Å². The summed E-state index contributed by atoms with van der Waals surface area (Å²) in [4.78, 5) is 0. The van der Waals surface area contributed by atoms with Crippen molar-refractivity contribution in [3.8, 4) is 0 Å². The predicted molar refractivity (Wildman–Crippen MR) is 87.4 cm³/mol. The van der Waals surface area contributed by atoms with Crippen molar-refractivity contribution in [1.29, 1.82) is 0 Å². The summed E-state index contributed by atoms with van der Waals surface area (Å²) in [5, 5.41) is 0. The fraction of sp³-hybridized carbons (Fsp3) is 0.158. The third kappa shape index (κ3) is 5.85. The molecule has 0 aliphatic rings. The van der Waals surface area contributed by atoms with Crippen LogP contribution in [0.5, 0.6) is 0 Å². The number of benzene rings is 2. The van der Waals surface area contributed by atoms with Gasteiger partial charge in [0.05, 0.1) is 0 Å². The van der Waals surface area contributed by atoms with E-state index in [1.165, 1.54) is 25.5 Å². The van der Waals surface area contributed by atoms with E-state index in [4.69, 9.17) is 0 Å². The number of alkyl halides is 1.